The second-order valence-corrected chi connectivity index (χ2v) is 8.40. The second-order valence-electron chi connectivity index (χ2n) is 8.40. The van der Waals surface area contributed by atoms with Gasteiger partial charge in [-0.25, -0.2) is 4.39 Å². The lowest BCUT2D eigenvalue weighted by molar-refractivity contribution is 0.415. The molecular formula is C24H32FIN4O. The minimum absolute atomic E-state index is 0. The van der Waals surface area contributed by atoms with Crippen LogP contribution in [0.3, 0.4) is 0 Å². The van der Waals surface area contributed by atoms with E-state index >= 15 is 0 Å². The van der Waals surface area contributed by atoms with Crippen molar-refractivity contribution in [1.29, 1.82) is 0 Å². The number of rotatable bonds is 7. The van der Waals surface area contributed by atoms with Gasteiger partial charge in [0.1, 0.15) is 11.6 Å². The fourth-order valence-corrected chi connectivity index (χ4v) is 4.29. The lowest BCUT2D eigenvalue weighted by Crippen LogP contribution is -2.43. The first-order valence-corrected chi connectivity index (χ1v) is 10.7. The first-order chi connectivity index (χ1) is 14.6. The van der Waals surface area contributed by atoms with Crippen LogP contribution in [0.4, 0.5) is 10.1 Å². The third-order valence-corrected chi connectivity index (χ3v) is 6.37. The van der Waals surface area contributed by atoms with Gasteiger partial charge in [0.05, 0.1) is 7.11 Å². The van der Waals surface area contributed by atoms with Crippen molar-refractivity contribution in [2.45, 2.75) is 24.7 Å². The summed E-state index contributed by atoms with van der Waals surface area (Å²) >= 11 is 0. The van der Waals surface area contributed by atoms with Crippen LogP contribution in [-0.4, -0.2) is 46.3 Å². The monoisotopic (exact) mass is 538 g/mol. The largest absolute Gasteiger partial charge is 0.497 e. The molecule has 2 N–H and O–H groups in total. The molecule has 1 heterocycles. The predicted octanol–water partition coefficient (Wildman–Crippen LogP) is 4.18. The SMILES string of the molecule is CN=C(NCC1CCN(c2cccc(OC)c2)C1)NCC1(c2cccc(F)c2)CC1.I. The molecule has 2 aliphatic rings. The van der Waals surface area contributed by atoms with Gasteiger partial charge in [-0.2, -0.15) is 0 Å². The smallest absolute Gasteiger partial charge is 0.191 e. The Labute approximate surface area is 201 Å². The highest BCUT2D eigenvalue weighted by Gasteiger charge is 2.44. The summed E-state index contributed by atoms with van der Waals surface area (Å²) in [5.74, 6) is 2.11. The van der Waals surface area contributed by atoms with Crippen molar-refractivity contribution < 1.29 is 9.13 Å². The molecule has 1 aliphatic heterocycles. The van der Waals surface area contributed by atoms with E-state index in [-0.39, 0.29) is 35.2 Å². The van der Waals surface area contributed by atoms with Crippen LogP contribution >= 0.6 is 24.0 Å². The summed E-state index contributed by atoms with van der Waals surface area (Å²) in [7, 11) is 3.50. The van der Waals surface area contributed by atoms with Crippen molar-refractivity contribution >= 4 is 35.6 Å². The van der Waals surface area contributed by atoms with E-state index in [0.717, 1.165) is 62.7 Å². The molecule has 0 aromatic heterocycles. The molecule has 0 amide bonds. The van der Waals surface area contributed by atoms with Crippen LogP contribution < -0.4 is 20.3 Å². The Kier molecular flexibility index (Phi) is 8.02. The summed E-state index contributed by atoms with van der Waals surface area (Å²) in [5, 5.41) is 6.94. The predicted molar refractivity (Wildman–Crippen MR) is 135 cm³/mol. The Hall–Kier alpha value is -2.03. The summed E-state index contributed by atoms with van der Waals surface area (Å²) < 4.78 is 19.0. The minimum atomic E-state index is -0.164. The zero-order chi connectivity index (χ0) is 21.0. The summed E-state index contributed by atoms with van der Waals surface area (Å²) in [6.07, 6.45) is 3.31. The third-order valence-electron chi connectivity index (χ3n) is 6.37. The van der Waals surface area contributed by atoms with Crippen LogP contribution in [0, 0.1) is 11.7 Å². The zero-order valence-electron chi connectivity index (χ0n) is 18.2. The molecule has 1 aliphatic carbocycles. The van der Waals surface area contributed by atoms with E-state index in [0.29, 0.717) is 5.92 Å². The van der Waals surface area contributed by atoms with Crippen molar-refractivity contribution in [3.8, 4) is 5.75 Å². The molecule has 0 spiro atoms. The fourth-order valence-electron chi connectivity index (χ4n) is 4.29. The highest BCUT2D eigenvalue weighted by molar-refractivity contribution is 14.0. The molecule has 7 heteroatoms. The van der Waals surface area contributed by atoms with E-state index in [1.807, 2.05) is 18.2 Å². The molecule has 5 nitrogen and oxygen atoms in total. The van der Waals surface area contributed by atoms with Gasteiger partial charge in [0.2, 0.25) is 0 Å². The molecule has 2 aromatic rings. The van der Waals surface area contributed by atoms with Crippen LogP contribution in [0.15, 0.2) is 53.5 Å². The number of aliphatic imine (C=N–C) groups is 1. The average Bonchev–Trinajstić information content (AvgIpc) is 3.42. The fraction of sp³-hybridized carbons (Fsp3) is 0.458. The van der Waals surface area contributed by atoms with Gasteiger partial charge >= 0.3 is 0 Å². The van der Waals surface area contributed by atoms with E-state index in [9.17, 15) is 4.39 Å². The number of guanidine groups is 1. The number of hydrogen-bond donors (Lipinski definition) is 2. The van der Waals surface area contributed by atoms with Crippen molar-refractivity contribution in [3.63, 3.8) is 0 Å². The highest BCUT2D eigenvalue weighted by atomic mass is 127. The third kappa shape index (κ3) is 5.81. The summed E-state index contributed by atoms with van der Waals surface area (Å²) in [6.45, 7) is 3.72. The Balaban J connectivity index is 0.00000272. The van der Waals surface area contributed by atoms with Crippen LogP contribution in [0.5, 0.6) is 5.75 Å². The minimum Gasteiger partial charge on any atom is -0.497 e. The van der Waals surface area contributed by atoms with Crippen molar-refractivity contribution in [2.24, 2.45) is 10.9 Å². The van der Waals surface area contributed by atoms with E-state index in [2.05, 4.69) is 32.7 Å². The Morgan fingerprint density at radius 1 is 1.19 bits per heavy atom. The molecule has 1 saturated heterocycles. The number of nitrogens with zero attached hydrogens (tertiary/aromatic N) is 2. The van der Waals surface area contributed by atoms with Gasteiger partial charge in [-0.15, -0.1) is 24.0 Å². The molecular weight excluding hydrogens is 506 g/mol. The number of methoxy groups -OCH3 is 1. The van der Waals surface area contributed by atoms with E-state index in [1.165, 1.54) is 11.8 Å². The Morgan fingerprint density at radius 2 is 2.00 bits per heavy atom. The normalized spacial score (nSPS) is 19.5. The van der Waals surface area contributed by atoms with Gasteiger partial charge in [-0.05, 0) is 55.0 Å². The number of ether oxygens (including phenoxy) is 1. The first-order valence-electron chi connectivity index (χ1n) is 10.7. The Morgan fingerprint density at radius 3 is 2.71 bits per heavy atom. The van der Waals surface area contributed by atoms with Gasteiger partial charge in [0, 0.05) is 50.4 Å². The maximum Gasteiger partial charge on any atom is 0.191 e. The van der Waals surface area contributed by atoms with Gasteiger partial charge < -0.3 is 20.3 Å². The van der Waals surface area contributed by atoms with Gasteiger partial charge in [-0.1, -0.05) is 18.2 Å². The number of halogens is 2. The van der Waals surface area contributed by atoms with Gasteiger partial charge in [0.15, 0.2) is 5.96 Å². The maximum atomic E-state index is 13.6. The van der Waals surface area contributed by atoms with Gasteiger partial charge in [-0.3, -0.25) is 4.99 Å². The number of hydrogen-bond acceptors (Lipinski definition) is 3. The molecule has 0 radical (unpaired) electrons. The summed E-state index contributed by atoms with van der Waals surface area (Å²) in [4.78, 5) is 6.79. The topological polar surface area (TPSA) is 48.9 Å². The summed E-state index contributed by atoms with van der Waals surface area (Å²) in [6, 6.07) is 15.2. The molecule has 1 unspecified atom stereocenters. The number of anilines is 1. The van der Waals surface area contributed by atoms with E-state index in [4.69, 9.17) is 4.74 Å². The van der Waals surface area contributed by atoms with Gasteiger partial charge in [0.25, 0.3) is 0 Å². The first kappa shape index (κ1) is 23.6. The van der Waals surface area contributed by atoms with Crippen LogP contribution in [0.25, 0.3) is 0 Å². The average molecular weight is 538 g/mol. The quantitative estimate of drug-likeness (QED) is 0.316. The highest BCUT2D eigenvalue weighted by Crippen LogP contribution is 2.47. The molecule has 4 rings (SSSR count). The Bertz CT molecular complexity index is 903. The molecule has 2 aromatic carbocycles. The van der Waals surface area contributed by atoms with Crippen LogP contribution in [-0.2, 0) is 5.41 Å². The molecule has 31 heavy (non-hydrogen) atoms. The van der Waals surface area contributed by atoms with Crippen LogP contribution in [0.2, 0.25) is 0 Å². The van der Waals surface area contributed by atoms with E-state index in [1.54, 1.807) is 26.3 Å². The zero-order valence-corrected chi connectivity index (χ0v) is 20.6. The molecule has 1 saturated carbocycles. The second kappa shape index (κ2) is 10.5. The van der Waals surface area contributed by atoms with Crippen molar-refractivity contribution in [3.05, 3.63) is 59.9 Å². The summed E-state index contributed by atoms with van der Waals surface area (Å²) in [5.41, 5.74) is 2.33. The number of benzene rings is 2. The lowest BCUT2D eigenvalue weighted by atomic mass is 9.96. The molecule has 0 bridgehead atoms. The molecule has 1 atom stereocenters. The van der Waals surface area contributed by atoms with Crippen LogP contribution in [0.1, 0.15) is 24.8 Å². The lowest BCUT2D eigenvalue weighted by Gasteiger charge is -2.21. The van der Waals surface area contributed by atoms with Crippen molar-refractivity contribution in [1.82, 2.24) is 10.6 Å². The van der Waals surface area contributed by atoms with E-state index < -0.39 is 0 Å². The van der Waals surface area contributed by atoms with Crippen molar-refractivity contribution in [2.75, 3.05) is 45.2 Å². The maximum absolute atomic E-state index is 13.6. The number of nitrogens with one attached hydrogen (secondary N) is 2. The molecule has 168 valence electrons. The standard InChI is InChI=1S/C24H31FN4O.HI/c1-26-23(28-17-24(10-11-24)19-5-3-6-20(25)13-19)27-15-18-9-12-29(16-18)21-7-4-8-22(14-21)30-2;/h3-8,13-14,18H,9-12,15-17H2,1-2H3,(H2,26,27,28);1H. The molecule has 2 fully saturated rings.